The Labute approximate surface area is 93.9 Å². The van der Waals surface area contributed by atoms with Gasteiger partial charge in [0.25, 0.3) is 0 Å². The zero-order valence-electron chi connectivity index (χ0n) is 8.93. The summed E-state index contributed by atoms with van der Waals surface area (Å²) in [7, 11) is 0. The number of carbonyl (C=O) groups is 1. The third kappa shape index (κ3) is 3.91. The molecule has 0 aliphatic carbocycles. The fraction of sp³-hybridized carbons (Fsp3) is 0.455. The molecule has 0 amide bonds. The lowest BCUT2D eigenvalue weighted by Gasteiger charge is -2.07. The molecular weight excluding hydrogens is 210 g/mol. The largest absolute Gasteiger partial charge is 0.477 e. The molecule has 0 saturated heterocycles. The summed E-state index contributed by atoms with van der Waals surface area (Å²) in [6.07, 6.45) is 2.69. The van der Waals surface area contributed by atoms with Crippen molar-refractivity contribution in [1.82, 2.24) is 4.98 Å². The lowest BCUT2D eigenvalue weighted by molar-refractivity contribution is 0.0690. The molecule has 0 aliphatic rings. The monoisotopic (exact) mass is 225 g/mol. The highest BCUT2D eigenvalue weighted by molar-refractivity contribution is 7.99. The van der Waals surface area contributed by atoms with Gasteiger partial charge in [0.05, 0.1) is 0 Å². The first-order valence-corrected chi connectivity index (χ1v) is 5.94. The van der Waals surface area contributed by atoms with Gasteiger partial charge in [-0.25, -0.2) is 9.78 Å². The molecule has 0 spiro atoms. The first kappa shape index (κ1) is 12.0. The number of hydrogen-bond donors (Lipinski definition) is 1. The zero-order chi connectivity index (χ0) is 11.3. The molecule has 1 aromatic rings. The van der Waals surface area contributed by atoms with Crippen LogP contribution < -0.4 is 0 Å². The van der Waals surface area contributed by atoms with Gasteiger partial charge in [-0.1, -0.05) is 20.3 Å². The van der Waals surface area contributed by atoms with Crippen LogP contribution in [0.25, 0.3) is 0 Å². The van der Waals surface area contributed by atoms with Crippen LogP contribution in [0.15, 0.2) is 23.2 Å². The molecule has 0 aliphatic heterocycles. The van der Waals surface area contributed by atoms with Gasteiger partial charge in [-0.3, -0.25) is 0 Å². The number of hydrogen-bond acceptors (Lipinski definition) is 3. The number of carboxylic acids is 1. The van der Waals surface area contributed by atoms with Gasteiger partial charge in [-0.05, 0) is 18.1 Å². The van der Waals surface area contributed by atoms with E-state index in [2.05, 4.69) is 18.8 Å². The number of rotatable bonds is 5. The molecule has 0 radical (unpaired) electrons. The Kier molecular flexibility index (Phi) is 4.62. The average molecular weight is 225 g/mol. The van der Waals surface area contributed by atoms with Crippen LogP contribution in [-0.4, -0.2) is 21.8 Å². The van der Waals surface area contributed by atoms with Gasteiger partial charge in [-0.2, -0.15) is 0 Å². The van der Waals surface area contributed by atoms with Gasteiger partial charge < -0.3 is 5.11 Å². The molecule has 3 nitrogen and oxygen atoms in total. The molecule has 1 heterocycles. The van der Waals surface area contributed by atoms with E-state index in [1.165, 1.54) is 0 Å². The Hall–Kier alpha value is -1.03. The van der Waals surface area contributed by atoms with Gasteiger partial charge in [0.15, 0.2) is 0 Å². The van der Waals surface area contributed by atoms with Crippen molar-refractivity contribution in [2.45, 2.75) is 25.2 Å². The molecule has 4 heteroatoms. The normalized spacial score (nSPS) is 12.4. The Balaban J connectivity index is 2.62. The molecule has 0 fully saturated rings. The van der Waals surface area contributed by atoms with E-state index in [0.717, 1.165) is 17.1 Å². The predicted molar refractivity (Wildman–Crippen MR) is 61.4 cm³/mol. The van der Waals surface area contributed by atoms with Gasteiger partial charge in [0, 0.05) is 16.8 Å². The summed E-state index contributed by atoms with van der Waals surface area (Å²) in [6, 6.07) is 3.47. The van der Waals surface area contributed by atoms with Crippen molar-refractivity contribution in [1.29, 1.82) is 0 Å². The number of thioether (sulfide) groups is 1. The van der Waals surface area contributed by atoms with E-state index < -0.39 is 5.97 Å². The van der Waals surface area contributed by atoms with Crippen LogP contribution in [0.2, 0.25) is 0 Å². The van der Waals surface area contributed by atoms with Crippen molar-refractivity contribution in [2.24, 2.45) is 5.92 Å². The molecule has 0 saturated carbocycles. The Morgan fingerprint density at radius 1 is 1.67 bits per heavy atom. The van der Waals surface area contributed by atoms with E-state index in [0.29, 0.717) is 5.92 Å². The first-order chi connectivity index (χ1) is 7.13. The summed E-state index contributed by atoms with van der Waals surface area (Å²) in [5, 5.41) is 8.76. The highest BCUT2D eigenvalue weighted by Gasteiger charge is 2.06. The summed E-state index contributed by atoms with van der Waals surface area (Å²) in [4.78, 5) is 15.4. The minimum atomic E-state index is -0.971. The smallest absolute Gasteiger partial charge is 0.354 e. The molecule has 1 N–H and O–H groups in total. The SMILES string of the molecule is CCC(C)CSc1ccnc(C(=O)O)c1. The van der Waals surface area contributed by atoms with E-state index in [1.807, 2.05) is 6.07 Å². The van der Waals surface area contributed by atoms with Crippen molar-refractivity contribution < 1.29 is 9.90 Å². The maximum Gasteiger partial charge on any atom is 0.354 e. The van der Waals surface area contributed by atoms with Crippen molar-refractivity contribution >= 4 is 17.7 Å². The lowest BCUT2D eigenvalue weighted by atomic mass is 10.2. The summed E-state index contributed by atoms with van der Waals surface area (Å²) in [6.45, 7) is 4.34. The average Bonchev–Trinajstić information content (AvgIpc) is 2.26. The van der Waals surface area contributed by atoms with E-state index in [4.69, 9.17) is 5.11 Å². The number of carboxylic acid groups (broad SMARTS) is 1. The number of aromatic nitrogens is 1. The van der Waals surface area contributed by atoms with Crippen LogP contribution in [0.3, 0.4) is 0 Å². The molecular formula is C11H15NO2S. The third-order valence-electron chi connectivity index (χ3n) is 2.18. The Bertz CT molecular complexity index is 341. The lowest BCUT2D eigenvalue weighted by Crippen LogP contribution is -2.00. The molecule has 15 heavy (non-hydrogen) atoms. The van der Waals surface area contributed by atoms with E-state index in [-0.39, 0.29) is 5.69 Å². The fourth-order valence-corrected chi connectivity index (χ4v) is 2.04. The van der Waals surface area contributed by atoms with Crippen LogP contribution in [0, 0.1) is 5.92 Å². The summed E-state index contributed by atoms with van der Waals surface area (Å²) < 4.78 is 0. The molecule has 0 bridgehead atoms. The van der Waals surface area contributed by atoms with Crippen LogP contribution in [0.5, 0.6) is 0 Å². The van der Waals surface area contributed by atoms with Gasteiger partial charge >= 0.3 is 5.97 Å². The predicted octanol–water partition coefficient (Wildman–Crippen LogP) is 2.92. The number of aromatic carboxylic acids is 1. The topological polar surface area (TPSA) is 50.2 Å². The van der Waals surface area contributed by atoms with Crippen molar-refractivity contribution in [3.63, 3.8) is 0 Å². The molecule has 1 aromatic heterocycles. The second kappa shape index (κ2) is 5.75. The Morgan fingerprint density at radius 3 is 3.00 bits per heavy atom. The van der Waals surface area contributed by atoms with Gasteiger partial charge in [0.2, 0.25) is 0 Å². The molecule has 1 rings (SSSR count). The summed E-state index contributed by atoms with van der Waals surface area (Å²) >= 11 is 1.68. The second-order valence-corrected chi connectivity index (χ2v) is 4.60. The van der Waals surface area contributed by atoms with Crippen LogP contribution >= 0.6 is 11.8 Å². The minimum Gasteiger partial charge on any atom is -0.477 e. The Morgan fingerprint density at radius 2 is 2.40 bits per heavy atom. The summed E-state index contributed by atoms with van der Waals surface area (Å²) in [5.74, 6) is 0.692. The fourth-order valence-electron chi connectivity index (χ4n) is 0.974. The zero-order valence-corrected chi connectivity index (χ0v) is 9.75. The van der Waals surface area contributed by atoms with Crippen LogP contribution in [0.1, 0.15) is 30.8 Å². The number of nitrogens with zero attached hydrogens (tertiary/aromatic N) is 1. The highest BCUT2D eigenvalue weighted by Crippen LogP contribution is 2.21. The van der Waals surface area contributed by atoms with Crippen molar-refractivity contribution in [3.8, 4) is 0 Å². The van der Waals surface area contributed by atoms with Crippen LogP contribution in [-0.2, 0) is 0 Å². The summed E-state index contributed by atoms with van der Waals surface area (Å²) in [5.41, 5.74) is 0.115. The maximum atomic E-state index is 10.7. The standard InChI is InChI=1S/C11H15NO2S/c1-3-8(2)7-15-9-4-5-12-10(6-9)11(13)14/h4-6,8H,3,7H2,1-2H3,(H,13,14). The van der Waals surface area contributed by atoms with E-state index in [1.54, 1.807) is 24.0 Å². The first-order valence-electron chi connectivity index (χ1n) is 4.95. The third-order valence-corrected chi connectivity index (χ3v) is 3.50. The second-order valence-electron chi connectivity index (χ2n) is 3.51. The molecule has 1 atom stereocenters. The van der Waals surface area contributed by atoms with E-state index in [9.17, 15) is 4.79 Å². The van der Waals surface area contributed by atoms with Gasteiger partial charge in [-0.15, -0.1) is 11.8 Å². The van der Waals surface area contributed by atoms with Crippen LogP contribution in [0.4, 0.5) is 0 Å². The molecule has 1 unspecified atom stereocenters. The van der Waals surface area contributed by atoms with E-state index >= 15 is 0 Å². The van der Waals surface area contributed by atoms with Crippen molar-refractivity contribution in [3.05, 3.63) is 24.0 Å². The van der Waals surface area contributed by atoms with Gasteiger partial charge in [0.1, 0.15) is 5.69 Å². The maximum absolute atomic E-state index is 10.7. The highest BCUT2D eigenvalue weighted by atomic mass is 32.2. The number of pyridine rings is 1. The quantitative estimate of drug-likeness (QED) is 0.783. The van der Waals surface area contributed by atoms with Crippen molar-refractivity contribution in [2.75, 3.05) is 5.75 Å². The minimum absolute atomic E-state index is 0.115. The molecule has 82 valence electrons. The molecule has 0 aromatic carbocycles.